The molecule has 156 valence electrons. The quantitative estimate of drug-likeness (QED) is 0.247. The molecule has 9 heteroatoms. The van der Waals surface area contributed by atoms with Gasteiger partial charge in [-0.25, -0.2) is 0 Å². The van der Waals surface area contributed by atoms with Gasteiger partial charge in [-0.15, -0.1) is 0 Å². The topological polar surface area (TPSA) is 172 Å². The lowest BCUT2D eigenvalue weighted by Crippen LogP contribution is -2.02. The molecule has 0 radical (unpaired) electrons. The molecule has 0 aliphatic rings. The Bertz CT molecular complexity index is 1040. The van der Waals surface area contributed by atoms with E-state index in [1.807, 2.05) is 0 Å². The number of phenolic OH excluding ortho intramolecular Hbond substituents is 4. The second kappa shape index (κ2) is 9.67. The molecule has 7 N–H and O–H groups in total. The van der Waals surface area contributed by atoms with Gasteiger partial charge < -0.3 is 40.2 Å². The second-order valence-electron chi connectivity index (χ2n) is 6.16. The van der Waals surface area contributed by atoms with Crippen molar-refractivity contribution >= 4 is 11.0 Å². The van der Waals surface area contributed by atoms with Gasteiger partial charge in [0.15, 0.2) is 17.3 Å². The Morgan fingerprint density at radius 3 is 2.00 bits per heavy atom. The molecule has 0 bridgehead atoms. The van der Waals surface area contributed by atoms with Crippen molar-refractivity contribution in [1.29, 1.82) is 0 Å². The minimum atomic E-state index is -0.888. The summed E-state index contributed by atoms with van der Waals surface area (Å²) in [4.78, 5) is 12.1. The van der Waals surface area contributed by atoms with Gasteiger partial charge in [0.05, 0.1) is 0 Å². The van der Waals surface area contributed by atoms with Crippen LogP contribution in [0.1, 0.15) is 19.3 Å². The first-order valence-corrected chi connectivity index (χ1v) is 8.76. The van der Waals surface area contributed by atoms with E-state index < -0.39 is 22.7 Å². The van der Waals surface area contributed by atoms with Crippen molar-refractivity contribution in [3.8, 4) is 40.1 Å². The third kappa shape index (κ3) is 5.09. The number of hydrogen-bond acceptors (Lipinski definition) is 9. The zero-order valence-electron chi connectivity index (χ0n) is 15.4. The minimum absolute atomic E-state index is 0.134. The molecule has 1 heterocycles. The average Bonchev–Trinajstić information content (AvgIpc) is 2.67. The van der Waals surface area contributed by atoms with Crippen LogP contribution in [0, 0.1) is 0 Å². The monoisotopic (exact) mass is 406 g/mol. The van der Waals surface area contributed by atoms with E-state index >= 15 is 0 Å². The minimum Gasteiger partial charge on any atom is -0.508 e. The zero-order chi connectivity index (χ0) is 21.6. The standard InChI is InChI=1S/C15H10O7.C5H12O2/c16-7-4-10(19)12-11(5-7)22-15(14(21)13(12)20)6-1-2-8(17)9(18)3-6;6-4-2-1-3-5-7/h1-5,16-19,21H;6-7H,1-5H2. The zero-order valence-corrected chi connectivity index (χ0v) is 15.4. The molecule has 3 rings (SSSR count). The number of phenols is 4. The maximum absolute atomic E-state index is 12.1. The summed E-state index contributed by atoms with van der Waals surface area (Å²) < 4.78 is 5.35. The Kier molecular flexibility index (Phi) is 7.29. The number of aromatic hydroxyl groups is 5. The van der Waals surface area contributed by atoms with E-state index in [4.69, 9.17) is 14.6 Å². The second-order valence-corrected chi connectivity index (χ2v) is 6.16. The van der Waals surface area contributed by atoms with Crippen molar-refractivity contribution in [3.05, 3.63) is 40.6 Å². The van der Waals surface area contributed by atoms with E-state index in [2.05, 4.69) is 0 Å². The molecule has 3 aromatic rings. The predicted octanol–water partition coefficient (Wildman–Crippen LogP) is 2.13. The van der Waals surface area contributed by atoms with Crippen LogP contribution in [0.25, 0.3) is 22.3 Å². The molecule has 1 aromatic heterocycles. The van der Waals surface area contributed by atoms with Crippen molar-refractivity contribution < 1.29 is 40.2 Å². The van der Waals surface area contributed by atoms with Crippen LogP contribution in [0.5, 0.6) is 28.7 Å². The summed E-state index contributed by atoms with van der Waals surface area (Å²) in [6.45, 7) is 0.500. The number of benzene rings is 2. The van der Waals surface area contributed by atoms with Gasteiger partial charge >= 0.3 is 0 Å². The molecule has 0 saturated heterocycles. The molecule has 0 amide bonds. The Morgan fingerprint density at radius 1 is 0.759 bits per heavy atom. The van der Waals surface area contributed by atoms with Crippen LogP contribution in [0.15, 0.2) is 39.5 Å². The fourth-order valence-electron chi connectivity index (χ4n) is 2.54. The molecule has 0 saturated carbocycles. The van der Waals surface area contributed by atoms with Gasteiger partial charge in [-0.3, -0.25) is 4.79 Å². The highest BCUT2D eigenvalue weighted by molar-refractivity contribution is 5.88. The molecule has 0 spiro atoms. The fourth-order valence-corrected chi connectivity index (χ4v) is 2.54. The summed E-state index contributed by atoms with van der Waals surface area (Å²) in [5, 5.41) is 64.1. The van der Waals surface area contributed by atoms with Crippen LogP contribution in [-0.2, 0) is 0 Å². The van der Waals surface area contributed by atoms with Gasteiger partial charge in [-0.05, 0) is 37.5 Å². The van der Waals surface area contributed by atoms with E-state index in [0.717, 1.165) is 43.5 Å². The smallest absolute Gasteiger partial charge is 0.238 e. The number of rotatable bonds is 5. The van der Waals surface area contributed by atoms with Crippen molar-refractivity contribution in [2.75, 3.05) is 13.2 Å². The molecular formula is C20H22O9. The number of hydrogen-bond donors (Lipinski definition) is 7. The first-order chi connectivity index (χ1) is 13.8. The average molecular weight is 406 g/mol. The lowest BCUT2D eigenvalue weighted by Gasteiger charge is -2.08. The maximum Gasteiger partial charge on any atom is 0.238 e. The van der Waals surface area contributed by atoms with Crippen LogP contribution < -0.4 is 5.43 Å². The normalized spacial score (nSPS) is 10.6. The predicted molar refractivity (Wildman–Crippen MR) is 104 cm³/mol. The molecule has 0 aliphatic heterocycles. The molecular weight excluding hydrogens is 384 g/mol. The third-order valence-electron chi connectivity index (χ3n) is 3.99. The van der Waals surface area contributed by atoms with E-state index in [-0.39, 0.29) is 47.0 Å². The Morgan fingerprint density at radius 2 is 1.41 bits per heavy atom. The molecule has 9 nitrogen and oxygen atoms in total. The lowest BCUT2D eigenvalue weighted by atomic mass is 10.1. The first kappa shape index (κ1) is 21.9. The molecule has 2 aromatic carbocycles. The van der Waals surface area contributed by atoms with Crippen molar-refractivity contribution in [2.45, 2.75) is 19.3 Å². The highest BCUT2D eigenvalue weighted by Crippen LogP contribution is 2.37. The van der Waals surface area contributed by atoms with Crippen LogP contribution in [0.2, 0.25) is 0 Å². The van der Waals surface area contributed by atoms with Crippen molar-refractivity contribution in [2.24, 2.45) is 0 Å². The summed E-state index contributed by atoms with van der Waals surface area (Å²) in [6.07, 6.45) is 2.58. The third-order valence-corrected chi connectivity index (χ3v) is 3.99. The molecule has 0 unspecified atom stereocenters. The summed E-state index contributed by atoms with van der Waals surface area (Å²) in [7, 11) is 0. The summed E-state index contributed by atoms with van der Waals surface area (Å²) in [5.74, 6) is -2.71. The SMILES string of the molecule is O=c1c(O)c(-c2ccc(O)c(O)c2)oc2cc(O)cc(O)c12.OCCCCCO. The van der Waals surface area contributed by atoms with Gasteiger partial charge in [-0.1, -0.05) is 0 Å². The van der Waals surface area contributed by atoms with E-state index in [9.17, 15) is 30.3 Å². The molecule has 0 atom stereocenters. The van der Waals surface area contributed by atoms with E-state index in [0.29, 0.717) is 0 Å². The lowest BCUT2D eigenvalue weighted by molar-refractivity contribution is 0.257. The Balaban J connectivity index is 0.000000370. The summed E-state index contributed by atoms with van der Waals surface area (Å²) in [5.41, 5.74) is -0.890. The van der Waals surface area contributed by atoms with E-state index in [1.54, 1.807) is 0 Å². The first-order valence-electron chi connectivity index (χ1n) is 8.76. The summed E-state index contributed by atoms with van der Waals surface area (Å²) >= 11 is 0. The van der Waals surface area contributed by atoms with Crippen LogP contribution in [0.3, 0.4) is 0 Å². The molecule has 0 fully saturated rings. The van der Waals surface area contributed by atoms with Gasteiger partial charge in [0.1, 0.15) is 22.5 Å². The largest absolute Gasteiger partial charge is 0.508 e. The number of fused-ring (bicyclic) bond motifs is 1. The van der Waals surface area contributed by atoms with Gasteiger partial charge in [0.2, 0.25) is 11.2 Å². The van der Waals surface area contributed by atoms with Crippen molar-refractivity contribution in [1.82, 2.24) is 0 Å². The fraction of sp³-hybridized carbons (Fsp3) is 0.250. The van der Waals surface area contributed by atoms with Gasteiger partial charge in [0.25, 0.3) is 0 Å². The number of aliphatic hydroxyl groups excluding tert-OH is 2. The van der Waals surface area contributed by atoms with Gasteiger partial charge in [-0.2, -0.15) is 0 Å². The van der Waals surface area contributed by atoms with Crippen LogP contribution in [0.4, 0.5) is 0 Å². The Hall–Kier alpha value is -3.43. The molecule has 29 heavy (non-hydrogen) atoms. The maximum atomic E-state index is 12.1. The number of unbranched alkanes of at least 4 members (excludes halogenated alkanes) is 2. The Labute approximate surface area is 165 Å². The highest BCUT2D eigenvalue weighted by Gasteiger charge is 2.19. The molecule has 0 aliphatic carbocycles. The summed E-state index contributed by atoms with van der Waals surface area (Å²) in [6, 6.07) is 5.64. The van der Waals surface area contributed by atoms with Gasteiger partial charge in [0, 0.05) is 30.9 Å². The van der Waals surface area contributed by atoms with Crippen LogP contribution in [-0.4, -0.2) is 49.0 Å². The highest BCUT2D eigenvalue weighted by atomic mass is 16.4. The van der Waals surface area contributed by atoms with E-state index in [1.165, 1.54) is 6.07 Å². The number of aliphatic hydroxyl groups is 2. The van der Waals surface area contributed by atoms with Crippen molar-refractivity contribution in [3.63, 3.8) is 0 Å². The van der Waals surface area contributed by atoms with Crippen LogP contribution >= 0.6 is 0 Å².